The van der Waals surface area contributed by atoms with Gasteiger partial charge in [0.05, 0.1) is 23.0 Å². The van der Waals surface area contributed by atoms with E-state index in [1.54, 1.807) is 0 Å². The Bertz CT molecular complexity index is 590. The van der Waals surface area contributed by atoms with E-state index >= 15 is 0 Å². The topological polar surface area (TPSA) is 21.1 Å². The van der Waals surface area contributed by atoms with Crippen molar-refractivity contribution in [2.45, 2.75) is 25.8 Å². The van der Waals surface area contributed by atoms with Gasteiger partial charge >= 0.3 is 0 Å². The Morgan fingerprint density at radius 2 is 2.00 bits per heavy atom. The van der Waals surface area contributed by atoms with E-state index in [2.05, 4.69) is 42.4 Å². The Labute approximate surface area is 130 Å². The summed E-state index contributed by atoms with van der Waals surface area (Å²) in [7, 11) is 4.18. The summed E-state index contributed by atoms with van der Waals surface area (Å²) in [6.45, 7) is 5.41. The van der Waals surface area contributed by atoms with E-state index in [9.17, 15) is 0 Å². The van der Waals surface area contributed by atoms with Crippen molar-refractivity contribution in [3.05, 3.63) is 29.0 Å². The van der Waals surface area contributed by atoms with Gasteiger partial charge in [-0.25, -0.2) is 4.98 Å². The van der Waals surface area contributed by atoms with Crippen molar-refractivity contribution in [1.29, 1.82) is 0 Å². The number of fused-ring (bicyclic) bond motifs is 1. The standard InChI is InChI=1S/C15H21Cl2N3/c1-10(2)14(9-19(3)4)20-13-6-5-11(17)7-12(13)18-15(20)8-16/h5-7,10,14H,8-9H2,1-4H3. The smallest absolute Gasteiger partial charge is 0.125 e. The lowest BCUT2D eigenvalue weighted by atomic mass is 10.0. The molecule has 1 aromatic carbocycles. The van der Waals surface area contributed by atoms with Crippen LogP contribution in [0.4, 0.5) is 0 Å². The number of aromatic nitrogens is 2. The Balaban J connectivity index is 2.60. The third-order valence-electron chi connectivity index (χ3n) is 3.50. The predicted molar refractivity (Wildman–Crippen MR) is 86.7 cm³/mol. The first-order valence-corrected chi connectivity index (χ1v) is 7.72. The van der Waals surface area contributed by atoms with E-state index in [-0.39, 0.29) is 0 Å². The second kappa shape index (κ2) is 6.33. The molecule has 1 heterocycles. The minimum absolute atomic E-state index is 0.338. The van der Waals surface area contributed by atoms with Gasteiger partial charge in [0.15, 0.2) is 0 Å². The first-order valence-electron chi connectivity index (χ1n) is 6.81. The number of rotatable bonds is 5. The van der Waals surface area contributed by atoms with Crippen molar-refractivity contribution >= 4 is 34.2 Å². The van der Waals surface area contributed by atoms with Crippen LogP contribution < -0.4 is 0 Å². The molecule has 110 valence electrons. The van der Waals surface area contributed by atoms with Gasteiger partial charge in [-0.05, 0) is 38.2 Å². The molecule has 5 heteroatoms. The molecule has 0 aliphatic heterocycles. The van der Waals surface area contributed by atoms with Gasteiger partial charge in [-0.3, -0.25) is 0 Å². The second-order valence-electron chi connectivity index (χ2n) is 5.74. The molecule has 20 heavy (non-hydrogen) atoms. The minimum atomic E-state index is 0.338. The van der Waals surface area contributed by atoms with Crippen molar-refractivity contribution in [2.75, 3.05) is 20.6 Å². The van der Waals surface area contributed by atoms with Crippen molar-refractivity contribution in [1.82, 2.24) is 14.5 Å². The lowest BCUT2D eigenvalue weighted by molar-refractivity contribution is 0.270. The van der Waals surface area contributed by atoms with Crippen LogP contribution in [0.15, 0.2) is 18.2 Å². The van der Waals surface area contributed by atoms with E-state index in [0.29, 0.717) is 22.9 Å². The zero-order valence-electron chi connectivity index (χ0n) is 12.4. The molecular weight excluding hydrogens is 293 g/mol. The van der Waals surface area contributed by atoms with Crippen LogP contribution in [0.1, 0.15) is 25.7 Å². The fourth-order valence-corrected chi connectivity index (χ4v) is 2.91. The number of hydrogen-bond donors (Lipinski definition) is 0. The van der Waals surface area contributed by atoms with Crippen molar-refractivity contribution in [3.8, 4) is 0 Å². The van der Waals surface area contributed by atoms with E-state index in [1.807, 2.05) is 18.2 Å². The maximum absolute atomic E-state index is 6.10. The highest BCUT2D eigenvalue weighted by atomic mass is 35.5. The van der Waals surface area contributed by atoms with Crippen molar-refractivity contribution in [3.63, 3.8) is 0 Å². The van der Waals surface area contributed by atoms with Crippen LogP contribution in [-0.2, 0) is 5.88 Å². The predicted octanol–water partition coefficient (Wildman–Crippen LogP) is 4.19. The van der Waals surface area contributed by atoms with Gasteiger partial charge in [-0.2, -0.15) is 0 Å². The summed E-state index contributed by atoms with van der Waals surface area (Å²) in [5, 5.41) is 0.706. The Hall–Kier alpha value is -0.770. The van der Waals surface area contributed by atoms with Crippen LogP contribution in [0.2, 0.25) is 5.02 Å². The van der Waals surface area contributed by atoms with Crippen LogP contribution in [0.5, 0.6) is 0 Å². The first kappa shape index (κ1) is 15.6. The number of benzene rings is 1. The Kier molecular flexibility index (Phi) is 4.95. The summed E-state index contributed by atoms with van der Waals surface area (Å²) in [6.07, 6.45) is 0. The highest BCUT2D eigenvalue weighted by Gasteiger charge is 2.22. The van der Waals surface area contributed by atoms with Gasteiger partial charge in [-0.1, -0.05) is 25.4 Å². The minimum Gasteiger partial charge on any atom is -0.322 e. The van der Waals surface area contributed by atoms with Gasteiger partial charge in [0.1, 0.15) is 5.82 Å². The number of nitrogens with zero attached hydrogens (tertiary/aromatic N) is 3. The van der Waals surface area contributed by atoms with Crippen LogP contribution >= 0.6 is 23.2 Å². The second-order valence-corrected chi connectivity index (χ2v) is 6.44. The normalized spacial score (nSPS) is 13.6. The molecule has 1 aromatic heterocycles. The van der Waals surface area contributed by atoms with Crippen LogP contribution in [0, 0.1) is 5.92 Å². The molecule has 0 aliphatic carbocycles. The number of alkyl halides is 1. The zero-order valence-corrected chi connectivity index (χ0v) is 13.9. The molecule has 3 nitrogen and oxygen atoms in total. The lowest BCUT2D eigenvalue weighted by Gasteiger charge is -2.28. The monoisotopic (exact) mass is 313 g/mol. The summed E-state index contributed by atoms with van der Waals surface area (Å²) in [5.74, 6) is 1.81. The third kappa shape index (κ3) is 3.11. The van der Waals surface area contributed by atoms with E-state index in [1.165, 1.54) is 0 Å². The van der Waals surface area contributed by atoms with Crippen molar-refractivity contribution < 1.29 is 0 Å². The van der Waals surface area contributed by atoms with Gasteiger partial charge in [-0.15, -0.1) is 11.6 Å². The van der Waals surface area contributed by atoms with E-state index in [0.717, 1.165) is 23.4 Å². The SMILES string of the molecule is CC(C)C(CN(C)C)n1c(CCl)nc2cc(Cl)ccc21. The van der Waals surface area contributed by atoms with Crippen LogP contribution in [-0.4, -0.2) is 35.1 Å². The van der Waals surface area contributed by atoms with Crippen LogP contribution in [0.25, 0.3) is 11.0 Å². The molecule has 0 saturated carbocycles. The van der Waals surface area contributed by atoms with Gasteiger partial charge in [0.2, 0.25) is 0 Å². The molecule has 2 rings (SSSR count). The first-order chi connectivity index (χ1) is 9.43. The number of halogens is 2. The maximum Gasteiger partial charge on any atom is 0.125 e. The Morgan fingerprint density at radius 1 is 1.30 bits per heavy atom. The summed E-state index contributed by atoms with van der Waals surface area (Å²) >= 11 is 12.2. The highest BCUT2D eigenvalue weighted by molar-refractivity contribution is 6.31. The number of likely N-dealkylation sites (N-methyl/N-ethyl adjacent to an activating group) is 1. The quantitative estimate of drug-likeness (QED) is 0.772. The molecule has 0 saturated heterocycles. The fourth-order valence-electron chi connectivity index (χ4n) is 2.55. The average molecular weight is 314 g/mol. The molecule has 0 aliphatic rings. The average Bonchev–Trinajstić information content (AvgIpc) is 2.72. The molecule has 0 radical (unpaired) electrons. The van der Waals surface area contributed by atoms with Gasteiger partial charge < -0.3 is 9.47 Å². The molecule has 2 aromatic rings. The highest BCUT2D eigenvalue weighted by Crippen LogP contribution is 2.29. The zero-order chi connectivity index (χ0) is 14.9. The van der Waals surface area contributed by atoms with Crippen molar-refractivity contribution in [2.24, 2.45) is 5.92 Å². The molecule has 0 amide bonds. The Morgan fingerprint density at radius 3 is 2.55 bits per heavy atom. The number of imidazole rings is 1. The lowest BCUT2D eigenvalue weighted by Crippen LogP contribution is -2.29. The molecular formula is C15H21Cl2N3. The summed E-state index contributed by atoms with van der Waals surface area (Å²) in [5.41, 5.74) is 2.02. The maximum atomic E-state index is 6.10. The van der Waals surface area contributed by atoms with E-state index in [4.69, 9.17) is 23.2 Å². The molecule has 1 unspecified atom stereocenters. The van der Waals surface area contributed by atoms with Gasteiger partial charge in [0.25, 0.3) is 0 Å². The van der Waals surface area contributed by atoms with Gasteiger partial charge in [0, 0.05) is 11.6 Å². The van der Waals surface area contributed by atoms with E-state index < -0.39 is 0 Å². The van der Waals surface area contributed by atoms with Crippen LogP contribution in [0.3, 0.4) is 0 Å². The summed E-state index contributed by atoms with van der Waals surface area (Å²) < 4.78 is 2.27. The fraction of sp³-hybridized carbons (Fsp3) is 0.533. The number of hydrogen-bond acceptors (Lipinski definition) is 2. The molecule has 1 atom stereocenters. The third-order valence-corrected chi connectivity index (χ3v) is 3.97. The molecule has 0 bridgehead atoms. The summed E-state index contributed by atoms with van der Waals surface area (Å²) in [4.78, 5) is 6.83. The summed E-state index contributed by atoms with van der Waals surface area (Å²) in [6, 6.07) is 6.18. The molecule has 0 N–H and O–H groups in total. The molecule has 0 fully saturated rings. The molecule has 0 spiro atoms. The largest absolute Gasteiger partial charge is 0.322 e.